The van der Waals surface area contributed by atoms with Crippen molar-refractivity contribution in [3.63, 3.8) is 0 Å². The van der Waals surface area contributed by atoms with Crippen LogP contribution in [0.5, 0.6) is 0 Å². The summed E-state index contributed by atoms with van der Waals surface area (Å²) in [7, 11) is 0. The van der Waals surface area contributed by atoms with Crippen molar-refractivity contribution in [3.8, 4) is 11.3 Å². The van der Waals surface area contributed by atoms with E-state index in [0.29, 0.717) is 0 Å². The van der Waals surface area contributed by atoms with Crippen LogP contribution < -0.4 is 5.32 Å². The molecular formula is C16H21N3. The van der Waals surface area contributed by atoms with Gasteiger partial charge >= 0.3 is 0 Å². The maximum Gasteiger partial charge on any atom is 0.132 e. The highest BCUT2D eigenvalue weighted by Crippen LogP contribution is 2.28. The first-order chi connectivity index (χ1) is 9.15. The summed E-state index contributed by atoms with van der Waals surface area (Å²) in [5, 5.41) is 3.36. The van der Waals surface area contributed by atoms with Gasteiger partial charge in [0.1, 0.15) is 12.1 Å². The molecular weight excluding hydrogens is 234 g/mol. The predicted molar refractivity (Wildman–Crippen MR) is 80.5 cm³/mol. The number of hydrogen-bond donors (Lipinski definition) is 1. The summed E-state index contributed by atoms with van der Waals surface area (Å²) in [6, 6.07) is 6.34. The van der Waals surface area contributed by atoms with Crippen LogP contribution in [0, 0.1) is 20.8 Å². The molecule has 3 nitrogen and oxygen atoms in total. The minimum absolute atomic E-state index is 0.935. The Morgan fingerprint density at radius 3 is 2.58 bits per heavy atom. The van der Waals surface area contributed by atoms with E-state index in [1.54, 1.807) is 6.33 Å². The first-order valence-electron chi connectivity index (χ1n) is 6.77. The molecule has 1 N–H and O–H groups in total. The van der Waals surface area contributed by atoms with E-state index in [1.807, 2.05) is 0 Å². The Morgan fingerprint density at radius 1 is 1.05 bits per heavy atom. The third-order valence-corrected chi connectivity index (χ3v) is 3.49. The molecule has 100 valence electrons. The van der Waals surface area contributed by atoms with Crippen LogP contribution in [-0.2, 0) is 0 Å². The molecule has 0 unspecified atom stereocenters. The summed E-state index contributed by atoms with van der Waals surface area (Å²) < 4.78 is 0. The lowest BCUT2D eigenvalue weighted by atomic mass is 9.98. The predicted octanol–water partition coefficient (Wildman–Crippen LogP) is 3.89. The summed E-state index contributed by atoms with van der Waals surface area (Å²) in [6.45, 7) is 9.44. The van der Waals surface area contributed by atoms with Crippen LogP contribution in [0.1, 0.15) is 30.0 Å². The van der Waals surface area contributed by atoms with Gasteiger partial charge in [0, 0.05) is 17.7 Å². The highest BCUT2D eigenvalue weighted by atomic mass is 15.0. The van der Waals surface area contributed by atoms with Crippen molar-refractivity contribution in [1.82, 2.24) is 9.97 Å². The van der Waals surface area contributed by atoms with Crippen molar-refractivity contribution in [2.75, 3.05) is 11.9 Å². The topological polar surface area (TPSA) is 37.8 Å². The van der Waals surface area contributed by atoms with Gasteiger partial charge in [-0.1, -0.05) is 25.1 Å². The smallest absolute Gasteiger partial charge is 0.132 e. The maximum absolute atomic E-state index is 4.47. The first-order valence-corrected chi connectivity index (χ1v) is 6.77. The van der Waals surface area contributed by atoms with Crippen molar-refractivity contribution in [2.45, 2.75) is 34.1 Å². The summed E-state index contributed by atoms with van der Waals surface area (Å²) >= 11 is 0. The zero-order valence-electron chi connectivity index (χ0n) is 12.1. The second-order valence-electron chi connectivity index (χ2n) is 4.87. The molecule has 1 aromatic heterocycles. The molecule has 0 atom stereocenters. The van der Waals surface area contributed by atoms with Gasteiger partial charge in [-0.25, -0.2) is 9.97 Å². The van der Waals surface area contributed by atoms with Gasteiger partial charge in [0.25, 0.3) is 0 Å². The number of hydrogen-bond acceptors (Lipinski definition) is 3. The molecule has 0 saturated carbocycles. The molecule has 3 heteroatoms. The molecule has 1 aromatic carbocycles. The van der Waals surface area contributed by atoms with Gasteiger partial charge in [0.05, 0.1) is 5.69 Å². The van der Waals surface area contributed by atoms with Crippen molar-refractivity contribution in [2.24, 2.45) is 0 Å². The molecule has 0 radical (unpaired) electrons. The Balaban J connectivity index is 2.48. The van der Waals surface area contributed by atoms with Crippen molar-refractivity contribution in [3.05, 3.63) is 41.2 Å². The fourth-order valence-corrected chi connectivity index (χ4v) is 2.15. The van der Waals surface area contributed by atoms with E-state index in [9.17, 15) is 0 Å². The fourth-order valence-electron chi connectivity index (χ4n) is 2.15. The van der Waals surface area contributed by atoms with E-state index in [-0.39, 0.29) is 0 Å². The van der Waals surface area contributed by atoms with Crippen LogP contribution >= 0.6 is 0 Å². The molecule has 2 aromatic rings. The molecule has 0 amide bonds. The Kier molecular flexibility index (Phi) is 4.15. The molecule has 1 heterocycles. The largest absolute Gasteiger partial charge is 0.370 e. The number of rotatable bonds is 4. The van der Waals surface area contributed by atoms with Crippen molar-refractivity contribution >= 4 is 5.82 Å². The second kappa shape index (κ2) is 5.83. The highest BCUT2D eigenvalue weighted by Gasteiger charge is 2.11. The lowest BCUT2D eigenvalue weighted by Crippen LogP contribution is -2.06. The average molecular weight is 255 g/mol. The summed E-state index contributed by atoms with van der Waals surface area (Å²) in [5.41, 5.74) is 5.91. The fraction of sp³-hybridized carbons (Fsp3) is 0.375. The van der Waals surface area contributed by atoms with Crippen molar-refractivity contribution < 1.29 is 0 Å². The summed E-state index contributed by atoms with van der Waals surface area (Å²) in [4.78, 5) is 8.80. The number of aromatic nitrogens is 2. The Bertz CT molecular complexity index is 576. The van der Waals surface area contributed by atoms with Crippen LogP contribution in [0.25, 0.3) is 11.3 Å². The number of aryl methyl sites for hydroxylation is 1. The number of anilines is 1. The Labute approximate surface area is 115 Å². The number of benzene rings is 1. The van der Waals surface area contributed by atoms with Gasteiger partial charge in [-0.2, -0.15) is 0 Å². The van der Waals surface area contributed by atoms with E-state index in [2.05, 4.69) is 61.2 Å². The van der Waals surface area contributed by atoms with Gasteiger partial charge in [0.15, 0.2) is 0 Å². The lowest BCUT2D eigenvalue weighted by molar-refractivity contribution is 0.960. The van der Waals surface area contributed by atoms with Crippen LogP contribution in [0.3, 0.4) is 0 Å². The molecule has 0 fully saturated rings. The third kappa shape index (κ3) is 2.75. The van der Waals surface area contributed by atoms with E-state index >= 15 is 0 Å². The van der Waals surface area contributed by atoms with Crippen LogP contribution in [0.15, 0.2) is 24.5 Å². The lowest BCUT2D eigenvalue weighted by Gasteiger charge is -2.13. The number of nitrogens with one attached hydrogen (secondary N) is 1. The van der Waals surface area contributed by atoms with E-state index in [4.69, 9.17) is 0 Å². The monoisotopic (exact) mass is 255 g/mol. The van der Waals surface area contributed by atoms with Crippen LogP contribution in [-0.4, -0.2) is 16.5 Å². The standard InChI is InChI=1S/C16H21N3/c1-5-9-17-16-13(4)15(18-10-19-16)14-8-6-7-11(2)12(14)3/h6-8,10H,5,9H2,1-4H3,(H,17,18,19). The molecule has 2 rings (SSSR count). The van der Waals surface area contributed by atoms with Gasteiger partial charge < -0.3 is 5.32 Å². The molecule has 0 aliphatic rings. The normalized spacial score (nSPS) is 10.5. The zero-order valence-corrected chi connectivity index (χ0v) is 12.1. The zero-order chi connectivity index (χ0) is 13.8. The highest BCUT2D eigenvalue weighted by molar-refractivity contribution is 5.71. The molecule has 0 aliphatic heterocycles. The molecule has 19 heavy (non-hydrogen) atoms. The average Bonchev–Trinajstić information content (AvgIpc) is 2.41. The Morgan fingerprint density at radius 2 is 1.84 bits per heavy atom. The molecule has 0 spiro atoms. The summed E-state index contributed by atoms with van der Waals surface area (Å²) in [6.07, 6.45) is 2.73. The summed E-state index contributed by atoms with van der Waals surface area (Å²) in [5.74, 6) is 0.938. The van der Waals surface area contributed by atoms with Gasteiger partial charge in [-0.3, -0.25) is 0 Å². The maximum atomic E-state index is 4.47. The van der Waals surface area contributed by atoms with Gasteiger partial charge in [0.2, 0.25) is 0 Å². The van der Waals surface area contributed by atoms with Crippen LogP contribution in [0.2, 0.25) is 0 Å². The third-order valence-electron chi connectivity index (χ3n) is 3.49. The SMILES string of the molecule is CCCNc1ncnc(-c2cccc(C)c2C)c1C. The van der Waals surface area contributed by atoms with E-state index < -0.39 is 0 Å². The van der Waals surface area contributed by atoms with Gasteiger partial charge in [-0.15, -0.1) is 0 Å². The van der Waals surface area contributed by atoms with Gasteiger partial charge in [-0.05, 0) is 38.3 Å². The van der Waals surface area contributed by atoms with Crippen molar-refractivity contribution in [1.29, 1.82) is 0 Å². The Hall–Kier alpha value is -1.90. The quantitative estimate of drug-likeness (QED) is 0.900. The van der Waals surface area contributed by atoms with Crippen LogP contribution in [0.4, 0.5) is 5.82 Å². The minimum Gasteiger partial charge on any atom is -0.370 e. The molecule has 0 saturated heterocycles. The van der Waals surface area contributed by atoms with E-state index in [0.717, 1.165) is 30.0 Å². The molecule has 0 bridgehead atoms. The second-order valence-corrected chi connectivity index (χ2v) is 4.87. The van der Waals surface area contributed by atoms with E-state index in [1.165, 1.54) is 16.7 Å². The number of nitrogens with zero attached hydrogens (tertiary/aromatic N) is 2. The first kappa shape index (κ1) is 13.5. The molecule has 0 aliphatic carbocycles. The minimum atomic E-state index is 0.935.